The average molecular weight is 370 g/mol. The molecule has 3 rings (SSSR count). The van der Waals surface area contributed by atoms with Crippen molar-refractivity contribution < 1.29 is 14.9 Å². The Hall–Kier alpha value is -2.08. The SMILES string of the molecule is CCOc1ccc(CN2CCN(Cc3ccc(O)cc3)C[C@@H]2CCO)cc1. The van der Waals surface area contributed by atoms with Gasteiger partial charge in [0.15, 0.2) is 0 Å². The molecule has 2 aromatic rings. The van der Waals surface area contributed by atoms with Crippen LogP contribution in [0.5, 0.6) is 11.5 Å². The Morgan fingerprint density at radius 1 is 0.963 bits per heavy atom. The summed E-state index contributed by atoms with van der Waals surface area (Å²) in [6.07, 6.45) is 0.781. The molecular weight excluding hydrogens is 340 g/mol. The van der Waals surface area contributed by atoms with Crippen molar-refractivity contribution in [1.29, 1.82) is 0 Å². The number of aromatic hydroxyl groups is 1. The predicted octanol–water partition coefficient (Wildman–Crippen LogP) is 2.86. The number of aliphatic hydroxyl groups is 1. The fourth-order valence-electron chi connectivity index (χ4n) is 3.68. The van der Waals surface area contributed by atoms with E-state index in [1.807, 2.05) is 31.2 Å². The fourth-order valence-corrected chi connectivity index (χ4v) is 3.68. The summed E-state index contributed by atoms with van der Waals surface area (Å²) in [7, 11) is 0. The van der Waals surface area contributed by atoms with Gasteiger partial charge in [-0.25, -0.2) is 0 Å². The Bertz CT molecular complexity index is 688. The van der Waals surface area contributed by atoms with E-state index in [2.05, 4.69) is 21.9 Å². The summed E-state index contributed by atoms with van der Waals surface area (Å²) in [6.45, 7) is 7.57. The molecule has 0 spiro atoms. The molecule has 1 aliphatic rings. The Morgan fingerprint density at radius 2 is 1.63 bits per heavy atom. The minimum atomic E-state index is 0.206. The molecule has 5 heteroatoms. The summed E-state index contributed by atoms with van der Waals surface area (Å²) in [5, 5.41) is 19.0. The molecule has 0 unspecified atom stereocenters. The first-order valence-corrected chi connectivity index (χ1v) is 9.75. The van der Waals surface area contributed by atoms with Crippen LogP contribution in [-0.4, -0.2) is 58.9 Å². The lowest BCUT2D eigenvalue weighted by Gasteiger charge is -2.41. The second-order valence-electron chi connectivity index (χ2n) is 7.12. The van der Waals surface area contributed by atoms with Gasteiger partial charge in [0, 0.05) is 45.4 Å². The Kier molecular flexibility index (Phi) is 7.10. The van der Waals surface area contributed by atoms with Crippen molar-refractivity contribution >= 4 is 0 Å². The number of benzene rings is 2. The number of nitrogens with zero attached hydrogens (tertiary/aromatic N) is 2. The van der Waals surface area contributed by atoms with E-state index in [1.54, 1.807) is 12.1 Å². The normalized spacial score (nSPS) is 18.5. The molecule has 0 saturated carbocycles. The summed E-state index contributed by atoms with van der Waals surface area (Å²) in [4.78, 5) is 4.90. The van der Waals surface area contributed by atoms with Gasteiger partial charge in [-0.2, -0.15) is 0 Å². The van der Waals surface area contributed by atoms with Crippen LogP contribution >= 0.6 is 0 Å². The number of hydrogen-bond donors (Lipinski definition) is 2. The van der Waals surface area contributed by atoms with Crippen molar-refractivity contribution in [2.75, 3.05) is 32.8 Å². The first-order chi connectivity index (χ1) is 13.2. The van der Waals surface area contributed by atoms with Gasteiger partial charge in [0.05, 0.1) is 6.61 Å². The van der Waals surface area contributed by atoms with E-state index in [0.29, 0.717) is 18.4 Å². The molecule has 0 aliphatic carbocycles. The molecule has 1 saturated heterocycles. The standard InChI is InChI=1S/C22H30N2O3/c1-2-27-22-9-5-19(6-10-22)16-24-13-12-23(17-20(24)11-14-25)15-18-3-7-21(26)8-4-18/h3-10,20,25-26H,2,11-17H2,1H3/t20-/m0/s1. The third-order valence-electron chi connectivity index (χ3n) is 5.11. The highest BCUT2D eigenvalue weighted by molar-refractivity contribution is 5.27. The highest BCUT2D eigenvalue weighted by atomic mass is 16.5. The van der Waals surface area contributed by atoms with Crippen LogP contribution in [0.4, 0.5) is 0 Å². The van der Waals surface area contributed by atoms with Crippen molar-refractivity contribution in [3.05, 3.63) is 59.7 Å². The number of aliphatic hydroxyl groups excluding tert-OH is 1. The predicted molar refractivity (Wildman–Crippen MR) is 107 cm³/mol. The van der Waals surface area contributed by atoms with Crippen LogP contribution in [0.25, 0.3) is 0 Å². The Labute approximate surface area is 161 Å². The Morgan fingerprint density at radius 3 is 2.30 bits per heavy atom. The van der Waals surface area contributed by atoms with Gasteiger partial charge < -0.3 is 14.9 Å². The minimum absolute atomic E-state index is 0.206. The monoisotopic (exact) mass is 370 g/mol. The van der Waals surface area contributed by atoms with Crippen LogP contribution in [0.15, 0.2) is 48.5 Å². The Balaban J connectivity index is 1.59. The second-order valence-corrected chi connectivity index (χ2v) is 7.12. The van der Waals surface area contributed by atoms with E-state index in [4.69, 9.17) is 4.74 Å². The minimum Gasteiger partial charge on any atom is -0.508 e. The molecule has 1 fully saturated rings. The molecule has 146 valence electrons. The van der Waals surface area contributed by atoms with Crippen molar-refractivity contribution in [2.45, 2.75) is 32.5 Å². The van der Waals surface area contributed by atoms with Crippen molar-refractivity contribution in [1.82, 2.24) is 9.80 Å². The van der Waals surface area contributed by atoms with Gasteiger partial charge in [0.2, 0.25) is 0 Å². The maximum atomic E-state index is 9.51. The molecule has 0 radical (unpaired) electrons. The summed E-state index contributed by atoms with van der Waals surface area (Å²) in [5.74, 6) is 1.21. The molecule has 1 atom stereocenters. The molecule has 0 aromatic heterocycles. The van der Waals surface area contributed by atoms with Crippen molar-refractivity contribution in [2.24, 2.45) is 0 Å². The number of hydrogen-bond acceptors (Lipinski definition) is 5. The first-order valence-electron chi connectivity index (χ1n) is 9.75. The maximum Gasteiger partial charge on any atom is 0.119 e. The van der Waals surface area contributed by atoms with E-state index >= 15 is 0 Å². The van der Waals surface area contributed by atoms with Gasteiger partial charge in [-0.05, 0) is 48.7 Å². The van der Waals surface area contributed by atoms with Gasteiger partial charge in [-0.3, -0.25) is 9.80 Å². The largest absolute Gasteiger partial charge is 0.508 e. The van der Waals surface area contributed by atoms with Crippen molar-refractivity contribution in [3.8, 4) is 11.5 Å². The van der Waals surface area contributed by atoms with E-state index in [0.717, 1.165) is 44.9 Å². The summed E-state index contributed by atoms with van der Waals surface area (Å²) >= 11 is 0. The third kappa shape index (κ3) is 5.70. The molecule has 2 N–H and O–H groups in total. The van der Waals surface area contributed by atoms with Crippen LogP contribution < -0.4 is 4.74 Å². The first kappa shape index (κ1) is 19.7. The topological polar surface area (TPSA) is 56.2 Å². The van der Waals surface area contributed by atoms with Crippen LogP contribution in [0.3, 0.4) is 0 Å². The molecule has 1 heterocycles. The van der Waals surface area contributed by atoms with E-state index in [1.165, 1.54) is 11.1 Å². The number of phenolic OH excluding ortho intramolecular Hbond substituents is 1. The van der Waals surface area contributed by atoms with Crippen molar-refractivity contribution in [3.63, 3.8) is 0 Å². The molecule has 2 aromatic carbocycles. The van der Waals surface area contributed by atoms with E-state index < -0.39 is 0 Å². The second kappa shape index (κ2) is 9.74. The lowest BCUT2D eigenvalue weighted by molar-refractivity contribution is 0.0499. The van der Waals surface area contributed by atoms with Gasteiger partial charge >= 0.3 is 0 Å². The molecule has 0 amide bonds. The molecular formula is C22H30N2O3. The molecule has 0 bridgehead atoms. The lowest BCUT2D eigenvalue weighted by Crippen LogP contribution is -2.52. The summed E-state index contributed by atoms with van der Waals surface area (Å²) in [5.41, 5.74) is 2.48. The zero-order valence-corrected chi connectivity index (χ0v) is 16.1. The average Bonchev–Trinajstić information content (AvgIpc) is 2.68. The molecule has 1 aliphatic heterocycles. The zero-order chi connectivity index (χ0) is 19.1. The third-order valence-corrected chi connectivity index (χ3v) is 5.11. The van der Waals surface area contributed by atoms with E-state index in [-0.39, 0.29) is 6.61 Å². The van der Waals surface area contributed by atoms with Crippen LogP contribution in [0.1, 0.15) is 24.5 Å². The zero-order valence-electron chi connectivity index (χ0n) is 16.1. The smallest absolute Gasteiger partial charge is 0.119 e. The van der Waals surface area contributed by atoms with Gasteiger partial charge in [-0.15, -0.1) is 0 Å². The maximum absolute atomic E-state index is 9.51. The van der Waals surface area contributed by atoms with Gasteiger partial charge in [-0.1, -0.05) is 24.3 Å². The highest BCUT2D eigenvalue weighted by Gasteiger charge is 2.26. The fraction of sp³-hybridized carbons (Fsp3) is 0.455. The number of piperazine rings is 1. The summed E-state index contributed by atoms with van der Waals surface area (Å²) in [6, 6.07) is 16.1. The number of phenols is 1. The summed E-state index contributed by atoms with van der Waals surface area (Å²) < 4.78 is 5.52. The van der Waals surface area contributed by atoms with Gasteiger partial charge in [0.25, 0.3) is 0 Å². The molecule has 5 nitrogen and oxygen atoms in total. The van der Waals surface area contributed by atoms with Gasteiger partial charge in [0.1, 0.15) is 11.5 Å². The van der Waals surface area contributed by atoms with Crippen LogP contribution in [0.2, 0.25) is 0 Å². The quantitative estimate of drug-likeness (QED) is 0.748. The van der Waals surface area contributed by atoms with E-state index in [9.17, 15) is 10.2 Å². The highest BCUT2D eigenvalue weighted by Crippen LogP contribution is 2.20. The number of rotatable bonds is 8. The lowest BCUT2D eigenvalue weighted by atomic mass is 10.1. The number of ether oxygens (including phenoxy) is 1. The molecule has 27 heavy (non-hydrogen) atoms. The van der Waals surface area contributed by atoms with Crippen LogP contribution in [0, 0.1) is 0 Å². The van der Waals surface area contributed by atoms with Crippen LogP contribution in [-0.2, 0) is 13.1 Å².